The van der Waals surface area contributed by atoms with E-state index in [1.165, 1.54) is 0 Å². The van der Waals surface area contributed by atoms with Crippen LogP contribution in [0.25, 0.3) is 27.5 Å². The normalized spacial score (nSPS) is 11.4. The van der Waals surface area contributed by atoms with Crippen molar-refractivity contribution in [1.82, 2.24) is 9.38 Å². The Hall–Kier alpha value is -2.88. The lowest BCUT2D eigenvalue weighted by molar-refractivity contribution is 0.112. The number of hydrogen-bond acceptors (Lipinski definition) is 2. The number of nitrogens with one attached hydrogen (secondary N) is 1. The Morgan fingerprint density at radius 2 is 1.65 bits per heavy atom. The second kappa shape index (κ2) is 3.81. The lowest BCUT2D eigenvalue weighted by Crippen LogP contribution is -2.14. The highest BCUT2D eigenvalue weighted by Gasteiger charge is 2.14. The minimum Gasteiger partial charge on any atom is -0.339 e. The van der Waals surface area contributed by atoms with Crippen molar-refractivity contribution in [1.29, 1.82) is 0 Å². The van der Waals surface area contributed by atoms with Gasteiger partial charge in [-0.3, -0.25) is 14.0 Å². The number of para-hydroxylation sites is 2. The molecule has 2 aromatic heterocycles. The van der Waals surface area contributed by atoms with Crippen LogP contribution >= 0.6 is 0 Å². The zero-order valence-corrected chi connectivity index (χ0v) is 10.5. The fourth-order valence-corrected chi connectivity index (χ4v) is 2.75. The maximum Gasteiger partial charge on any atom is 0.264 e. The van der Waals surface area contributed by atoms with E-state index in [0.717, 1.165) is 17.3 Å². The van der Waals surface area contributed by atoms with E-state index in [2.05, 4.69) is 4.98 Å². The summed E-state index contributed by atoms with van der Waals surface area (Å²) in [6.07, 6.45) is 0.798. The van der Waals surface area contributed by atoms with Gasteiger partial charge in [0.1, 0.15) is 5.65 Å². The first-order chi connectivity index (χ1) is 9.81. The Labute approximate surface area is 113 Å². The number of pyridine rings is 1. The number of rotatable bonds is 1. The van der Waals surface area contributed by atoms with Gasteiger partial charge < -0.3 is 4.98 Å². The monoisotopic (exact) mass is 262 g/mol. The average Bonchev–Trinajstić information content (AvgIpc) is 2.87. The summed E-state index contributed by atoms with van der Waals surface area (Å²) in [6.45, 7) is 0. The summed E-state index contributed by atoms with van der Waals surface area (Å²) in [7, 11) is 0. The summed E-state index contributed by atoms with van der Waals surface area (Å²) < 4.78 is 1.57. The number of nitrogens with zero attached hydrogens (tertiary/aromatic N) is 1. The molecule has 0 saturated heterocycles. The van der Waals surface area contributed by atoms with Gasteiger partial charge in [0.05, 0.1) is 16.6 Å². The third-order valence-corrected chi connectivity index (χ3v) is 3.65. The highest BCUT2D eigenvalue weighted by Crippen LogP contribution is 2.22. The highest BCUT2D eigenvalue weighted by atomic mass is 16.1. The van der Waals surface area contributed by atoms with Crippen LogP contribution < -0.4 is 5.56 Å². The average molecular weight is 262 g/mol. The number of H-pyrrole nitrogens is 1. The van der Waals surface area contributed by atoms with Gasteiger partial charge in [0.2, 0.25) is 0 Å². The lowest BCUT2D eigenvalue weighted by Gasteiger charge is -2.03. The Bertz CT molecular complexity index is 1040. The van der Waals surface area contributed by atoms with Crippen LogP contribution in [0.15, 0.2) is 53.3 Å². The predicted molar refractivity (Wildman–Crippen MR) is 78.4 cm³/mol. The minimum atomic E-state index is -0.112. The van der Waals surface area contributed by atoms with Crippen LogP contribution in [0.4, 0.5) is 0 Å². The van der Waals surface area contributed by atoms with E-state index >= 15 is 0 Å². The second-order valence-electron chi connectivity index (χ2n) is 4.71. The van der Waals surface area contributed by atoms with Gasteiger partial charge in [-0.25, -0.2) is 0 Å². The topological polar surface area (TPSA) is 54.3 Å². The Kier molecular flexibility index (Phi) is 2.09. The van der Waals surface area contributed by atoms with Crippen LogP contribution in [0.2, 0.25) is 0 Å². The minimum absolute atomic E-state index is 0.112. The molecule has 4 aromatic rings. The summed E-state index contributed by atoms with van der Waals surface area (Å²) in [6, 6.07) is 14.7. The number of imidazole rings is 1. The molecule has 0 fully saturated rings. The molecule has 0 aliphatic carbocycles. The number of aromatic nitrogens is 2. The van der Waals surface area contributed by atoms with Gasteiger partial charge in [-0.05, 0) is 18.2 Å². The molecule has 1 N–H and O–H groups in total. The summed E-state index contributed by atoms with van der Waals surface area (Å²) in [5.74, 6) is 0. The van der Waals surface area contributed by atoms with Crippen molar-refractivity contribution in [3.8, 4) is 0 Å². The molecule has 0 radical (unpaired) electrons. The van der Waals surface area contributed by atoms with E-state index in [0.29, 0.717) is 22.0 Å². The molecule has 4 rings (SSSR count). The fourth-order valence-electron chi connectivity index (χ4n) is 2.75. The number of benzene rings is 2. The summed E-state index contributed by atoms with van der Waals surface area (Å²) in [5.41, 5.74) is 2.56. The molecule has 96 valence electrons. The fraction of sp³-hybridized carbons (Fsp3) is 0. The van der Waals surface area contributed by atoms with E-state index < -0.39 is 0 Å². The van der Waals surface area contributed by atoms with Crippen LogP contribution in [-0.2, 0) is 0 Å². The van der Waals surface area contributed by atoms with Crippen LogP contribution in [0.3, 0.4) is 0 Å². The van der Waals surface area contributed by atoms with Gasteiger partial charge in [-0.15, -0.1) is 0 Å². The Morgan fingerprint density at radius 3 is 2.45 bits per heavy atom. The molecule has 0 aliphatic heterocycles. The molecule has 20 heavy (non-hydrogen) atoms. The zero-order chi connectivity index (χ0) is 13.7. The first kappa shape index (κ1) is 11.0. The first-order valence-electron chi connectivity index (χ1n) is 6.30. The molecule has 0 unspecified atom stereocenters. The molecule has 2 aromatic carbocycles. The number of fused-ring (bicyclic) bond motifs is 4. The van der Waals surface area contributed by atoms with Crippen molar-refractivity contribution >= 4 is 33.7 Å². The molecular formula is C16H10N2O2. The summed E-state index contributed by atoms with van der Waals surface area (Å²) in [4.78, 5) is 27.3. The van der Waals surface area contributed by atoms with Gasteiger partial charge in [0.25, 0.3) is 5.56 Å². The quantitative estimate of drug-likeness (QED) is 0.536. The summed E-state index contributed by atoms with van der Waals surface area (Å²) >= 11 is 0. The number of aldehydes is 1. The van der Waals surface area contributed by atoms with Crippen molar-refractivity contribution in [2.75, 3.05) is 0 Å². The van der Waals surface area contributed by atoms with Crippen LogP contribution in [-0.4, -0.2) is 15.7 Å². The van der Waals surface area contributed by atoms with Crippen molar-refractivity contribution in [2.24, 2.45) is 0 Å². The third-order valence-electron chi connectivity index (χ3n) is 3.65. The molecule has 4 nitrogen and oxygen atoms in total. The van der Waals surface area contributed by atoms with Crippen molar-refractivity contribution in [2.45, 2.75) is 0 Å². The van der Waals surface area contributed by atoms with Gasteiger partial charge >= 0.3 is 0 Å². The first-order valence-corrected chi connectivity index (χ1v) is 6.30. The third kappa shape index (κ3) is 1.25. The molecule has 0 saturated carbocycles. The van der Waals surface area contributed by atoms with Crippen molar-refractivity contribution in [3.05, 3.63) is 64.4 Å². The van der Waals surface area contributed by atoms with E-state index in [4.69, 9.17) is 0 Å². The Morgan fingerprint density at radius 1 is 0.950 bits per heavy atom. The predicted octanol–water partition coefficient (Wildman–Crippen LogP) is 2.75. The maximum atomic E-state index is 12.7. The van der Waals surface area contributed by atoms with Crippen LogP contribution in [0.5, 0.6) is 0 Å². The molecule has 4 heteroatoms. The van der Waals surface area contributed by atoms with Gasteiger partial charge in [0, 0.05) is 10.8 Å². The number of carbonyl (C=O) groups is 1. The molecule has 2 heterocycles. The van der Waals surface area contributed by atoms with Crippen molar-refractivity contribution in [3.63, 3.8) is 0 Å². The molecular weight excluding hydrogens is 252 g/mol. The Balaban J connectivity index is 2.44. The van der Waals surface area contributed by atoms with Crippen LogP contribution in [0, 0.1) is 0 Å². The van der Waals surface area contributed by atoms with E-state index in [1.807, 2.05) is 30.3 Å². The molecule has 0 aliphatic rings. The smallest absolute Gasteiger partial charge is 0.264 e. The number of hydrogen-bond donors (Lipinski definition) is 1. The number of carbonyl (C=O) groups excluding carboxylic acids is 1. The second-order valence-corrected chi connectivity index (χ2v) is 4.71. The lowest BCUT2D eigenvalue weighted by atomic mass is 10.1. The maximum absolute atomic E-state index is 12.7. The number of aromatic amines is 1. The standard InChI is InChI=1S/C16H10N2O2/c19-9-12-10-5-1-2-6-11(10)16(20)18-14-8-4-3-7-13(14)17-15(12)18/h1-9,17H. The molecule has 0 spiro atoms. The molecule has 0 bridgehead atoms. The van der Waals surface area contributed by atoms with E-state index in [9.17, 15) is 9.59 Å². The SMILES string of the molecule is O=Cc1c2ccccc2c(=O)n2c1[nH]c1ccccc12. The molecule has 0 atom stereocenters. The van der Waals surface area contributed by atoms with Gasteiger partial charge in [-0.2, -0.15) is 0 Å². The zero-order valence-electron chi connectivity index (χ0n) is 10.5. The largest absolute Gasteiger partial charge is 0.339 e. The van der Waals surface area contributed by atoms with Crippen molar-refractivity contribution < 1.29 is 4.79 Å². The molecule has 0 amide bonds. The van der Waals surface area contributed by atoms with Gasteiger partial charge in [0.15, 0.2) is 6.29 Å². The highest BCUT2D eigenvalue weighted by molar-refractivity contribution is 6.05. The van der Waals surface area contributed by atoms with Crippen LogP contribution in [0.1, 0.15) is 10.4 Å². The van der Waals surface area contributed by atoms with E-state index in [-0.39, 0.29) is 5.56 Å². The summed E-state index contributed by atoms with van der Waals surface area (Å²) in [5, 5.41) is 1.23. The van der Waals surface area contributed by atoms with E-state index in [1.54, 1.807) is 22.6 Å². The van der Waals surface area contributed by atoms with Gasteiger partial charge in [-0.1, -0.05) is 30.3 Å².